The van der Waals surface area contributed by atoms with Gasteiger partial charge in [0.2, 0.25) is 0 Å². The van der Waals surface area contributed by atoms with E-state index < -0.39 is 11.5 Å². The first-order valence-electron chi connectivity index (χ1n) is 7.19. The Labute approximate surface area is 131 Å². The molecule has 0 fully saturated rings. The predicted octanol–water partition coefficient (Wildman–Crippen LogP) is 1.65. The van der Waals surface area contributed by atoms with Gasteiger partial charge in [0.25, 0.3) is 11.5 Å². The lowest BCUT2D eigenvalue weighted by atomic mass is 10.2. The molecule has 0 aliphatic heterocycles. The summed E-state index contributed by atoms with van der Waals surface area (Å²) >= 11 is 0. The van der Waals surface area contributed by atoms with Gasteiger partial charge in [-0.25, -0.2) is 0 Å². The minimum absolute atomic E-state index is 0.0626. The average molecular weight is 312 g/mol. The minimum atomic E-state index is -0.456. The van der Waals surface area contributed by atoms with Crippen molar-refractivity contribution in [1.82, 2.24) is 20.1 Å². The number of H-pyrrole nitrogens is 1. The summed E-state index contributed by atoms with van der Waals surface area (Å²) in [6, 6.07) is 8.25. The SMILES string of the molecule is C[C@H](Cn1cccn1)NC(=O)c1ccc(-c2ccco2)[nH]c1=O. The normalized spacial score (nSPS) is 12.0. The van der Waals surface area contributed by atoms with Crippen molar-refractivity contribution < 1.29 is 9.21 Å². The van der Waals surface area contributed by atoms with Gasteiger partial charge in [-0.2, -0.15) is 5.10 Å². The molecule has 118 valence electrons. The minimum Gasteiger partial charge on any atom is -0.463 e. The van der Waals surface area contributed by atoms with E-state index in [1.54, 1.807) is 29.1 Å². The maximum absolute atomic E-state index is 12.2. The lowest BCUT2D eigenvalue weighted by Gasteiger charge is -2.13. The molecular weight excluding hydrogens is 296 g/mol. The molecule has 7 heteroatoms. The fourth-order valence-electron chi connectivity index (χ4n) is 2.26. The van der Waals surface area contributed by atoms with Gasteiger partial charge in [0.1, 0.15) is 11.3 Å². The van der Waals surface area contributed by atoms with E-state index in [-0.39, 0.29) is 11.6 Å². The number of nitrogens with zero attached hydrogens (tertiary/aromatic N) is 2. The van der Waals surface area contributed by atoms with E-state index in [2.05, 4.69) is 15.4 Å². The zero-order valence-electron chi connectivity index (χ0n) is 12.5. The molecule has 0 unspecified atom stereocenters. The van der Waals surface area contributed by atoms with Crippen molar-refractivity contribution in [2.75, 3.05) is 0 Å². The number of amides is 1. The highest BCUT2D eigenvalue weighted by molar-refractivity contribution is 5.94. The van der Waals surface area contributed by atoms with Crippen LogP contribution in [0.15, 0.2) is 58.2 Å². The Balaban J connectivity index is 1.71. The van der Waals surface area contributed by atoms with Crippen LogP contribution in [0.5, 0.6) is 0 Å². The highest BCUT2D eigenvalue weighted by atomic mass is 16.3. The number of carbonyl (C=O) groups excluding carboxylic acids is 1. The maximum Gasteiger partial charge on any atom is 0.261 e. The summed E-state index contributed by atoms with van der Waals surface area (Å²) in [5, 5.41) is 6.87. The molecule has 0 aromatic carbocycles. The summed E-state index contributed by atoms with van der Waals surface area (Å²) in [4.78, 5) is 27.0. The summed E-state index contributed by atoms with van der Waals surface area (Å²) in [6.07, 6.45) is 5.01. The molecule has 2 N–H and O–H groups in total. The number of aromatic amines is 1. The molecule has 0 radical (unpaired) electrons. The molecule has 3 rings (SSSR count). The zero-order valence-corrected chi connectivity index (χ0v) is 12.5. The Bertz CT molecular complexity index is 835. The molecule has 1 atom stereocenters. The molecule has 23 heavy (non-hydrogen) atoms. The van der Waals surface area contributed by atoms with E-state index in [1.165, 1.54) is 12.3 Å². The number of hydrogen-bond acceptors (Lipinski definition) is 4. The molecular formula is C16H16N4O3. The van der Waals surface area contributed by atoms with Crippen LogP contribution in [-0.2, 0) is 6.54 Å². The topological polar surface area (TPSA) is 92.9 Å². The lowest BCUT2D eigenvalue weighted by molar-refractivity contribution is 0.0934. The Hall–Kier alpha value is -3.09. The highest BCUT2D eigenvalue weighted by Crippen LogP contribution is 2.15. The molecule has 0 aliphatic rings. The van der Waals surface area contributed by atoms with Crippen molar-refractivity contribution in [2.24, 2.45) is 0 Å². The molecule has 0 bridgehead atoms. The van der Waals surface area contributed by atoms with Crippen LogP contribution in [0.3, 0.4) is 0 Å². The first-order chi connectivity index (χ1) is 11.1. The van der Waals surface area contributed by atoms with Gasteiger partial charge < -0.3 is 14.7 Å². The van der Waals surface area contributed by atoms with Crippen molar-refractivity contribution in [3.8, 4) is 11.5 Å². The number of nitrogens with one attached hydrogen (secondary N) is 2. The fourth-order valence-corrected chi connectivity index (χ4v) is 2.26. The Morgan fingerprint density at radius 3 is 2.91 bits per heavy atom. The van der Waals surface area contributed by atoms with Crippen molar-refractivity contribution in [3.63, 3.8) is 0 Å². The Morgan fingerprint density at radius 1 is 1.39 bits per heavy atom. The first kappa shape index (κ1) is 14.8. The van der Waals surface area contributed by atoms with Crippen LogP contribution >= 0.6 is 0 Å². The third-order valence-corrected chi connectivity index (χ3v) is 3.34. The van der Waals surface area contributed by atoms with E-state index in [0.717, 1.165) is 0 Å². The fraction of sp³-hybridized carbons (Fsp3) is 0.188. The number of carbonyl (C=O) groups is 1. The second kappa shape index (κ2) is 6.35. The number of rotatable bonds is 5. The smallest absolute Gasteiger partial charge is 0.261 e. The van der Waals surface area contributed by atoms with E-state index in [4.69, 9.17) is 4.42 Å². The standard InChI is InChI=1S/C16H16N4O3/c1-11(10-20-8-3-7-17-20)18-15(21)12-5-6-13(19-16(12)22)14-4-2-9-23-14/h2-9,11H,10H2,1H3,(H,18,21)(H,19,22)/t11-/m1/s1. The summed E-state index contributed by atoms with van der Waals surface area (Å²) in [6.45, 7) is 2.38. The second-order valence-electron chi connectivity index (χ2n) is 5.19. The quantitative estimate of drug-likeness (QED) is 0.749. The average Bonchev–Trinajstić information content (AvgIpc) is 3.19. The van der Waals surface area contributed by atoms with Gasteiger partial charge in [-0.05, 0) is 37.3 Å². The van der Waals surface area contributed by atoms with Gasteiger partial charge in [0.15, 0.2) is 0 Å². The maximum atomic E-state index is 12.2. The van der Waals surface area contributed by atoms with Crippen molar-refractivity contribution in [3.05, 3.63) is 64.9 Å². The molecule has 0 aliphatic carbocycles. The molecule has 7 nitrogen and oxygen atoms in total. The molecule has 1 amide bonds. The number of aromatic nitrogens is 3. The van der Waals surface area contributed by atoms with Crippen LogP contribution in [0.2, 0.25) is 0 Å². The molecule has 3 aromatic heterocycles. The number of furan rings is 1. The summed E-state index contributed by atoms with van der Waals surface area (Å²) in [5.41, 5.74) is 0.136. The van der Waals surface area contributed by atoms with Gasteiger partial charge >= 0.3 is 0 Å². The largest absolute Gasteiger partial charge is 0.463 e. The summed E-state index contributed by atoms with van der Waals surface area (Å²) < 4.78 is 6.94. The third kappa shape index (κ3) is 3.39. The molecule has 0 saturated carbocycles. The van der Waals surface area contributed by atoms with Crippen LogP contribution < -0.4 is 10.9 Å². The van der Waals surface area contributed by atoms with E-state index in [1.807, 2.05) is 19.2 Å². The summed E-state index contributed by atoms with van der Waals surface area (Å²) in [5.74, 6) is 0.123. The Morgan fingerprint density at radius 2 is 2.26 bits per heavy atom. The van der Waals surface area contributed by atoms with Crippen molar-refractivity contribution in [1.29, 1.82) is 0 Å². The zero-order chi connectivity index (χ0) is 16.2. The lowest BCUT2D eigenvalue weighted by Crippen LogP contribution is -2.38. The van der Waals surface area contributed by atoms with Crippen LogP contribution in [0.4, 0.5) is 0 Å². The van der Waals surface area contributed by atoms with E-state index in [9.17, 15) is 9.59 Å². The number of pyridine rings is 1. The van der Waals surface area contributed by atoms with Gasteiger partial charge in [-0.1, -0.05) is 0 Å². The first-order valence-corrected chi connectivity index (χ1v) is 7.19. The molecule has 3 aromatic rings. The van der Waals surface area contributed by atoms with Crippen LogP contribution in [0.1, 0.15) is 17.3 Å². The van der Waals surface area contributed by atoms with Gasteiger partial charge in [0.05, 0.1) is 18.5 Å². The van der Waals surface area contributed by atoms with Crippen LogP contribution in [0.25, 0.3) is 11.5 Å². The van der Waals surface area contributed by atoms with Gasteiger partial charge in [-0.3, -0.25) is 14.3 Å². The monoisotopic (exact) mass is 312 g/mol. The Kier molecular flexibility index (Phi) is 4.09. The molecule has 0 saturated heterocycles. The van der Waals surface area contributed by atoms with E-state index >= 15 is 0 Å². The third-order valence-electron chi connectivity index (χ3n) is 3.34. The second-order valence-corrected chi connectivity index (χ2v) is 5.19. The number of hydrogen-bond donors (Lipinski definition) is 2. The highest BCUT2D eigenvalue weighted by Gasteiger charge is 2.15. The van der Waals surface area contributed by atoms with E-state index in [0.29, 0.717) is 18.0 Å². The van der Waals surface area contributed by atoms with Gasteiger partial charge in [0, 0.05) is 18.4 Å². The molecule has 3 heterocycles. The van der Waals surface area contributed by atoms with Gasteiger partial charge in [-0.15, -0.1) is 0 Å². The predicted molar refractivity (Wildman–Crippen MR) is 83.9 cm³/mol. The van der Waals surface area contributed by atoms with Crippen LogP contribution in [0, 0.1) is 0 Å². The summed E-state index contributed by atoms with van der Waals surface area (Å²) in [7, 11) is 0. The van der Waals surface area contributed by atoms with Crippen LogP contribution in [-0.4, -0.2) is 26.7 Å². The molecule has 0 spiro atoms. The van der Waals surface area contributed by atoms with Crippen molar-refractivity contribution >= 4 is 5.91 Å². The van der Waals surface area contributed by atoms with Crippen molar-refractivity contribution in [2.45, 2.75) is 19.5 Å².